The first-order valence-electron chi connectivity index (χ1n) is 13.9. The first kappa shape index (κ1) is 27.8. The van der Waals surface area contributed by atoms with Crippen LogP contribution in [0, 0.1) is 5.92 Å². The van der Waals surface area contributed by atoms with Gasteiger partial charge in [-0.2, -0.15) is 0 Å². The fraction of sp³-hybridized carbons (Fsp3) is 0.516. The second kappa shape index (κ2) is 9.99. The number of amides is 1. The van der Waals surface area contributed by atoms with Crippen LogP contribution in [0.4, 0.5) is 4.79 Å². The SMILES string of the molecule is CN(Cc1ccccc1)[C@H]1c2cc3cc(B4OC(C)(C)C(C)(C)O4)ccc3n2C[C@H]1CNC(=O)OC(C)(C)C. The zero-order valence-electron chi connectivity index (χ0n) is 24.6. The van der Waals surface area contributed by atoms with Crippen molar-refractivity contribution in [3.8, 4) is 0 Å². The maximum atomic E-state index is 12.5. The van der Waals surface area contributed by atoms with Gasteiger partial charge in [-0.05, 0) is 84.1 Å². The van der Waals surface area contributed by atoms with Crippen molar-refractivity contribution in [2.24, 2.45) is 5.92 Å². The van der Waals surface area contributed by atoms with Gasteiger partial charge in [-0.15, -0.1) is 0 Å². The first-order chi connectivity index (χ1) is 18.2. The number of aromatic nitrogens is 1. The van der Waals surface area contributed by atoms with Crippen LogP contribution in [0.5, 0.6) is 0 Å². The molecule has 39 heavy (non-hydrogen) atoms. The van der Waals surface area contributed by atoms with Crippen molar-refractivity contribution in [1.82, 2.24) is 14.8 Å². The third kappa shape index (κ3) is 5.60. The van der Waals surface area contributed by atoms with E-state index in [9.17, 15) is 4.79 Å². The van der Waals surface area contributed by atoms with Gasteiger partial charge in [0.2, 0.25) is 0 Å². The van der Waals surface area contributed by atoms with E-state index in [-0.39, 0.29) is 29.3 Å². The van der Waals surface area contributed by atoms with Crippen molar-refractivity contribution in [3.05, 3.63) is 65.9 Å². The molecule has 0 aliphatic carbocycles. The molecule has 0 spiro atoms. The fourth-order valence-corrected chi connectivity index (χ4v) is 5.72. The minimum absolute atomic E-state index is 0.132. The zero-order valence-corrected chi connectivity index (χ0v) is 24.6. The lowest BCUT2D eigenvalue weighted by Crippen LogP contribution is -2.41. The van der Waals surface area contributed by atoms with Gasteiger partial charge in [-0.25, -0.2) is 4.79 Å². The van der Waals surface area contributed by atoms with Gasteiger partial charge < -0.3 is 23.9 Å². The summed E-state index contributed by atoms with van der Waals surface area (Å²) in [5, 5.41) is 4.20. The third-order valence-corrected chi connectivity index (χ3v) is 8.31. The van der Waals surface area contributed by atoms with Crippen LogP contribution in [0.3, 0.4) is 0 Å². The molecule has 2 aliphatic heterocycles. The predicted octanol–water partition coefficient (Wildman–Crippen LogP) is 5.27. The summed E-state index contributed by atoms with van der Waals surface area (Å²) in [6.07, 6.45) is -0.375. The summed E-state index contributed by atoms with van der Waals surface area (Å²) in [6.45, 7) is 16.1. The molecule has 8 heteroatoms. The fourth-order valence-electron chi connectivity index (χ4n) is 5.72. The Morgan fingerprint density at radius 1 is 1.08 bits per heavy atom. The van der Waals surface area contributed by atoms with Gasteiger partial charge in [-0.1, -0.05) is 42.5 Å². The molecule has 1 amide bonds. The van der Waals surface area contributed by atoms with Gasteiger partial charge in [0.15, 0.2) is 0 Å². The zero-order chi connectivity index (χ0) is 28.2. The molecule has 0 unspecified atom stereocenters. The minimum atomic E-state index is -0.528. The monoisotopic (exact) mass is 531 g/mol. The molecule has 1 saturated heterocycles. The number of nitrogens with zero attached hydrogens (tertiary/aromatic N) is 2. The van der Waals surface area contributed by atoms with Crippen molar-refractivity contribution >= 4 is 29.6 Å². The normalized spacial score (nSPS) is 21.9. The van der Waals surface area contributed by atoms with Crippen LogP contribution in [0.25, 0.3) is 10.9 Å². The molecule has 1 fully saturated rings. The van der Waals surface area contributed by atoms with Crippen molar-refractivity contribution in [1.29, 1.82) is 0 Å². The molecule has 1 aromatic heterocycles. The molecule has 3 heterocycles. The number of fused-ring (bicyclic) bond motifs is 3. The Hall–Kier alpha value is -2.81. The standard InChI is InChI=1S/C31H42BN3O4/c1-29(2,3)37-28(36)33-18-23-20-35-25-15-14-24(32-38-30(4,5)31(6,7)39-32)16-22(25)17-26(35)27(23)34(8)19-21-12-10-9-11-13-21/h9-17,23,27H,18-20H2,1-8H3,(H,33,36)/t23-,27-/m1/s1. The van der Waals surface area contributed by atoms with E-state index in [2.05, 4.69) is 98.1 Å². The van der Waals surface area contributed by atoms with Crippen LogP contribution in [-0.4, -0.2) is 53.1 Å². The molecule has 208 valence electrons. The van der Waals surface area contributed by atoms with Crippen LogP contribution in [0.1, 0.15) is 65.8 Å². The van der Waals surface area contributed by atoms with Gasteiger partial charge in [0.1, 0.15) is 5.60 Å². The predicted molar refractivity (Wildman–Crippen MR) is 156 cm³/mol. The van der Waals surface area contributed by atoms with Crippen molar-refractivity contribution < 1.29 is 18.8 Å². The molecule has 1 N–H and O–H groups in total. The summed E-state index contributed by atoms with van der Waals surface area (Å²) >= 11 is 0. The van der Waals surface area contributed by atoms with Crippen molar-refractivity contribution in [2.75, 3.05) is 13.6 Å². The van der Waals surface area contributed by atoms with Gasteiger partial charge >= 0.3 is 13.2 Å². The van der Waals surface area contributed by atoms with Gasteiger partial charge in [0.25, 0.3) is 0 Å². The summed E-state index contributed by atoms with van der Waals surface area (Å²) in [5.74, 6) is 0.202. The molecule has 0 radical (unpaired) electrons. The summed E-state index contributed by atoms with van der Waals surface area (Å²) in [7, 11) is 1.78. The summed E-state index contributed by atoms with van der Waals surface area (Å²) in [6, 6.07) is 19.4. The number of hydrogen-bond acceptors (Lipinski definition) is 5. The van der Waals surface area contributed by atoms with E-state index in [1.54, 1.807) is 0 Å². The Bertz CT molecular complexity index is 1330. The smallest absolute Gasteiger partial charge is 0.444 e. The molecule has 2 aromatic carbocycles. The second-order valence-corrected chi connectivity index (χ2v) is 13.1. The molecule has 3 aromatic rings. The molecule has 0 bridgehead atoms. The molecular formula is C31H42BN3O4. The largest absolute Gasteiger partial charge is 0.494 e. The number of nitrogens with one attached hydrogen (secondary N) is 1. The maximum absolute atomic E-state index is 12.5. The first-order valence-corrected chi connectivity index (χ1v) is 13.9. The number of carbonyl (C=O) groups excluding carboxylic acids is 1. The van der Waals surface area contributed by atoms with Crippen LogP contribution in [0.2, 0.25) is 0 Å². The Labute approximate surface area is 232 Å². The number of benzene rings is 2. The van der Waals surface area contributed by atoms with Gasteiger partial charge in [0.05, 0.1) is 17.2 Å². The number of carbonyl (C=O) groups is 1. The highest BCUT2D eigenvalue weighted by Crippen LogP contribution is 2.41. The van der Waals surface area contributed by atoms with E-state index >= 15 is 0 Å². The lowest BCUT2D eigenvalue weighted by atomic mass is 9.78. The lowest BCUT2D eigenvalue weighted by molar-refractivity contribution is 0.00578. The highest BCUT2D eigenvalue weighted by Gasteiger charge is 2.51. The van der Waals surface area contributed by atoms with Crippen molar-refractivity contribution in [3.63, 3.8) is 0 Å². The average molecular weight is 532 g/mol. The van der Waals surface area contributed by atoms with Crippen LogP contribution in [0.15, 0.2) is 54.6 Å². The van der Waals surface area contributed by atoms with Crippen LogP contribution >= 0.6 is 0 Å². The Kier molecular flexibility index (Phi) is 7.11. The van der Waals surface area contributed by atoms with Crippen LogP contribution < -0.4 is 10.8 Å². The number of ether oxygens (including phenoxy) is 1. The topological polar surface area (TPSA) is 65.0 Å². The van der Waals surface area contributed by atoms with E-state index in [0.717, 1.165) is 18.6 Å². The minimum Gasteiger partial charge on any atom is -0.444 e. The summed E-state index contributed by atoms with van der Waals surface area (Å²) in [4.78, 5) is 14.9. The van der Waals surface area contributed by atoms with E-state index in [1.165, 1.54) is 22.2 Å². The molecule has 5 rings (SSSR count). The molecule has 2 aliphatic rings. The van der Waals surface area contributed by atoms with E-state index in [1.807, 2.05) is 26.8 Å². The van der Waals surface area contributed by atoms with Crippen LogP contribution in [-0.2, 0) is 27.1 Å². The van der Waals surface area contributed by atoms with E-state index in [0.29, 0.717) is 6.54 Å². The van der Waals surface area contributed by atoms with Gasteiger partial charge in [-0.3, -0.25) is 4.90 Å². The highest BCUT2D eigenvalue weighted by molar-refractivity contribution is 6.62. The van der Waals surface area contributed by atoms with E-state index in [4.69, 9.17) is 14.0 Å². The number of alkyl carbamates (subject to hydrolysis) is 1. The number of rotatable bonds is 6. The van der Waals surface area contributed by atoms with Crippen molar-refractivity contribution in [2.45, 2.75) is 84.4 Å². The highest BCUT2D eigenvalue weighted by atomic mass is 16.7. The molecular weight excluding hydrogens is 489 g/mol. The third-order valence-electron chi connectivity index (χ3n) is 8.31. The molecule has 0 saturated carbocycles. The maximum Gasteiger partial charge on any atom is 0.494 e. The Morgan fingerprint density at radius 3 is 2.38 bits per heavy atom. The molecule has 7 nitrogen and oxygen atoms in total. The van der Waals surface area contributed by atoms with E-state index < -0.39 is 12.7 Å². The quantitative estimate of drug-likeness (QED) is 0.440. The molecule has 2 atom stereocenters. The summed E-state index contributed by atoms with van der Waals surface area (Å²) in [5.41, 5.74) is 3.44. The van der Waals surface area contributed by atoms with Gasteiger partial charge in [0, 0.05) is 36.8 Å². The lowest BCUT2D eigenvalue weighted by Gasteiger charge is -2.32. The summed E-state index contributed by atoms with van der Waals surface area (Å²) < 4.78 is 20.6. The Balaban J connectivity index is 1.42. The Morgan fingerprint density at radius 2 is 1.74 bits per heavy atom. The average Bonchev–Trinajstić information content (AvgIpc) is 3.43. The number of hydrogen-bond donors (Lipinski definition) is 1. The second-order valence-electron chi connectivity index (χ2n) is 13.1.